The number of rotatable bonds is 4. The molecule has 0 radical (unpaired) electrons. The first-order valence-electron chi connectivity index (χ1n) is 9.30. The summed E-state index contributed by atoms with van der Waals surface area (Å²) in [6, 6.07) is 3.50. The van der Waals surface area contributed by atoms with E-state index < -0.39 is 22.4 Å². The summed E-state index contributed by atoms with van der Waals surface area (Å²) in [5.41, 5.74) is -0.587. The number of non-ortho nitro benzene ring substituents is 1. The van der Waals surface area contributed by atoms with Crippen molar-refractivity contribution < 1.29 is 29.1 Å². The van der Waals surface area contributed by atoms with Gasteiger partial charge in [0.15, 0.2) is 0 Å². The molecule has 1 aromatic rings. The van der Waals surface area contributed by atoms with Crippen molar-refractivity contribution in [2.75, 3.05) is 26.2 Å². The van der Waals surface area contributed by atoms with Crippen LogP contribution in [0.1, 0.15) is 31.2 Å². The quantitative estimate of drug-likeness (QED) is 0.583. The van der Waals surface area contributed by atoms with Crippen LogP contribution in [0.5, 0.6) is 0 Å². The molecule has 29 heavy (non-hydrogen) atoms. The highest BCUT2D eigenvalue weighted by Crippen LogP contribution is 2.30. The summed E-state index contributed by atoms with van der Waals surface area (Å²) in [5.74, 6) is -0.916. The predicted octanol–water partition coefficient (Wildman–Crippen LogP) is 2.24. The van der Waals surface area contributed by atoms with Gasteiger partial charge in [-0.1, -0.05) is 6.08 Å². The third kappa shape index (κ3) is 4.70. The number of amides is 2. The number of nitro benzene ring substituents is 1. The predicted molar refractivity (Wildman–Crippen MR) is 101 cm³/mol. The highest BCUT2D eigenvalue weighted by molar-refractivity contribution is 5.79. The van der Waals surface area contributed by atoms with E-state index in [2.05, 4.69) is 0 Å². The molecule has 0 atom stereocenters. The van der Waals surface area contributed by atoms with Gasteiger partial charge in [-0.15, -0.1) is 0 Å². The van der Waals surface area contributed by atoms with Crippen LogP contribution in [0.3, 0.4) is 0 Å². The molecule has 2 aliphatic heterocycles. The molecule has 2 N–H and O–H groups in total. The normalized spacial score (nSPS) is 18.9. The lowest BCUT2D eigenvalue weighted by Gasteiger charge is -2.38. The number of aliphatic hydroxyl groups is 1. The Hall–Kier alpha value is -3.01. The lowest BCUT2D eigenvalue weighted by atomic mass is 9.87. The first-order valence-corrected chi connectivity index (χ1v) is 9.30. The summed E-state index contributed by atoms with van der Waals surface area (Å²) in [7, 11) is 0. The fourth-order valence-corrected chi connectivity index (χ4v) is 3.70. The fourth-order valence-electron chi connectivity index (χ4n) is 3.70. The molecule has 2 amide bonds. The highest BCUT2D eigenvalue weighted by atomic mass is 19.1. The van der Waals surface area contributed by atoms with Crippen LogP contribution in [0, 0.1) is 15.9 Å². The maximum absolute atomic E-state index is 14.2. The zero-order valence-electron chi connectivity index (χ0n) is 15.7. The summed E-state index contributed by atoms with van der Waals surface area (Å²) >= 11 is 0. The van der Waals surface area contributed by atoms with Crippen LogP contribution in [0.25, 0.3) is 5.57 Å². The van der Waals surface area contributed by atoms with E-state index in [1.165, 1.54) is 17.0 Å². The third-order valence-electron chi connectivity index (χ3n) is 5.52. The Balaban J connectivity index is 1.60. The second-order valence-electron chi connectivity index (χ2n) is 7.41. The van der Waals surface area contributed by atoms with E-state index in [0.29, 0.717) is 18.5 Å². The first kappa shape index (κ1) is 20.7. The summed E-state index contributed by atoms with van der Waals surface area (Å²) in [6.45, 7) is 0.964. The monoisotopic (exact) mass is 407 g/mol. The molecule has 0 spiro atoms. The van der Waals surface area contributed by atoms with Crippen LogP contribution in [-0.2, 0) is 4.79 Å². The lowest BCUT2D eigenvalue weighted by Crippen LogP contribution is -2.49. The number of hydrogen-bond acceptors (Lipinski definition) is 5. The molecule has 0 bridgehead atoms. The molecule has 10 heteroatoms. The Labute approximate surface area is 166 Å². The molecule has 9 nitrogen and oxygen atoms in total. The number of nitro groups is 1. The molecular formula is C19H22FN3O6. The fraction of sp³-hybridized carbons (Fsp3) is 0.474. The van der Waals surface area contributed by atoms with Crippen molar-refractivity contribution in [1.82, 2.24) is 9.80 Å². The Kier molecular flexibility index (Phi) is 5.83. The van der Waals surface area contributed by atoms with Crippen molar-refractivity contribution in [3.8, 4) is 0 Å². The van der Waals surface area contributed by atoms with E-state index in [0.717, 1.165) is 6.07 Å². The molecule has 1 saturated heterocycles. The van der Waals surface area contributed by atoms with Gasteiger partial charge in [0.1, 0.15) is 5.82 Å². The smallest absolute Gasteiger partial charge is 0.407 e. The van der Waals surface area contributed by atoms with Gasteiger partial charge in [-0.3, -0.25) is 14.9 Å². The number of halogens is 1. The van der Waals surface area contributed by atoms with Gasteiger partial charge in [0, 0.05) is 37.8 Å². The molecule has 0 saturated carbocycles. The Morgan fingerprint density at radius 3 is 2.41 bits per heavy atom. The summed E-state index contributed by atoms with van der Waals surface area (Å²) in [4.78, 5) is 36.4. The van der Waals surface area contributed by atoms with E-state index in [4.69, 9.17) is 5.11 Å². The minimum absolute atomic E-state index is 0.0878. The van der Waals surface area contributed by atoms with Crippen molar-refractivity contribution in [1.29, 1.82) is 0 Å². The Morgan fingerprint density at radius 1 is 1.21 bits per heavy atom. The van der Waals surface area contributed by atoms with Gasteiger partial charge in [-0.2, -0.15) is 0 Å². The van der Waals surface area contributed by atoms with Gasteiger partial charge in [0.25, 0.3) is 5.69 Å². The minimum Gasteiger partial charge on any atom is -0.465 e. The van der Waals surface area contributed by atoms with Gasteiger partial charge >= 0.3 is 6.09 Å². The molecular weight excluding hydrogens is 385 g/mol. The maximum atomic E-state index is 14.2. The number of carboxylic acid groups (broad SMARTS) is 1. The Morgan fingerprint density at radius 2 is 1.90 bits per heavy atom. The number of likely N-dealkylation sites (tertiary alicyclic amines) is 1. The van der Waals surface area contributed by atoms with Crippen molar-refractivity contribution in [2.24, 2.45) is 0 Å². The van der Waals surface area contributed by atoms with E-state index in [1.54, 1.807) is 11.0 Å². The lowest BCUT2D eigenvalue weighted by molar-refractivity contribution is -0.385. The van der Waals surface area contributed by atoms with E-state index in [1.807, 2.05) is 0 Å². The van der Waals surface area contributed by atoms with Crippen LogP contribution in [0.15, 0.2) is 24.3 Å². The molecule has 0 aromatic heterocycles. The molecule has 1 fully saturated rings. The first-order chi connectivity index (χ1) is 13.7. The standard InChI is InChI=1S/C19H22FN3O6/c20-16-11-14(23(28)29)1-2-15(16)13-3-7-21(8-4-13)17(24)12-19(27)5-9-22(10-6-19)18(25)26/h1-3,11,27H,4-10,12H2,(H,25,26). The van der Waals surface area contributed by atoms with E-state index >= 15 is 0 Å². The molecule has 3 rings (SSSR count). The second kappa shape index (κ2) is 8.16. The summed E-state index contributed by atoms with van der Waals surface area (Å²) in [5, 5.41) is 30.3. The number of nitrogens with zero attached hydrogens (tertiary/aromatic N) is 3. The largest absolute Gasteiger partial charge is 0.465 e. The van der Waals surface area contributed by atoms with Crippen LogP contribution < -0.4 is 0 Å². The van der Waals surface area contributed by atoms with Crippen LogP contribution in [0.2, 0.25) is 0 Å². The summed E-state index contributed by atoms with van der Waals surface area (Å²) < 4.78 is 14.2. The number of hydrogen-bond donors (Lipinski definition) is 2. The van der Waals surface area contributed by atoms with E-state index in [9.17, 15) is 29.2 Å². The average molecular weight is 407 g/mol. The van der Waals surface area contributed by atoms with Crippen LogP contribution >= 0.6 is 0 Å². The van der Waals surface area contributed by atoms with Gasteiger partial charge in [-0.05, 0) is 30.9 Å². The highest BCUT2D eigenvalue weighted by Gasteiger charge is 2.37. The molecule has 0 unspecified atom stereocenters. The van der Waals surface area contributed by atoms with Gasteiger partial charge in [-0.25, -0.2) is 9.18 Å². The van der Waals surface area contributed by atoms with Crippen molar-refractivity contribution in [3.05, 3.63) is 45.8 Å². The van der Waals surface area contributed by atoms with Crippen molar-refractivity contribution >= 4 is 23.3 Å². The molecule has 156 valence electrons. The zero-order valence-corrected chi connectivity index (χ0v) is 15.7. The SMILES string of the molecule is O=C(O)N1CCC(O)(CC(=O)N2CC=C(c3ccc([N+](=O)[O-])cc3F)CC2)CC1. The van der Waals surface area contributed by atoms with Crippen LogP contribution in [0.4, 0.5) is 14.9 Å². The average Bonchev–Trinajstić information content (AvgIpc) is 2.68. The van der Waals surface area contributed by atoms with Crippen molar-refractivity contribution in [3.63, 3.8) is 0 Å². The minimum atomic E-state index is -1.22. The third-order valence-corrected chi connectivity index (χ3v) is 5.52. The number of piperidine rings is 1. The number of carbonyl (C=O) groups excluding carboxylic acids is 1. The van der Waals surface area contributed by atoms with Crippen LogP contribution in [-0.4, -0.2) is 68.7 Å². The molecule has 2 heterocycles. The summed E-state index contributed by atoms with van der Waals surface area (Å²) in [6.07, 6.45) is 1.39. The van der Waals surface area contributed by atoms with Crippen molar-refractivity contribution in [2.45, 2.75) is 31.3 Å². The number of benzene rings is 1. The zero-order chi connectivity index (χ0) is 21.2. The molecule has 1 aromatic carbocycles. The Bertz CT molecular complexity index is 864. The topological polar surface area (TPSA) is 124 Å². The second-order valence-corrected chi connectivity index (χ2v) is 7.41. The maximum Gasteiger partial charge on any atom is 0.407 e. The van der Waals surface area contributed by atoms with E-state index in [-0.39, 0.29) is 56.1 Å². The molecule has 2 aliphatic rings. The van der Waals surface area contributed by atoms with Gasteiger partial charge in [0.2, 0.25) is 5.91 Å². The van der Waals surface area contributed by atoms with Gasteiger partial charge < -0.3 is 20.0 Å². The number of carbonyl (C=O) groups is 2. The molecule has 0 aliphatic carbocycles. The van der Waals surface area contributed by atoms with Gasteiger partial charge in [0.05, 0.1) is 23.0 Å².